The molecule has 0 aliphatic carbocycles. The van der Waals surface area contributed by atoms with E-state index >= 15 is 0 Å². The van der Waals surface area contributed by atoms with Crippen LogP contribution in [0.5, 0.6) is 11.5 Å². The summed E-state index contributed by atoms with van der Waals surface area (Å²) >= 11 is 3.46. The van der Waals surface area contributed by atoms with Crippen LogP contribution in [-0.2, 0) is 6.42 Å². The van der Waals surface area contributed by atoms with Gasteiger partial charge < -0.3 is 9.47 Å². The Morgan fingerprint density at radius 2 is 1.90 bits per heavy atom. The predicted molar refractivity (Wildman–Crippen MR) is 84.8 cm³/mol. The molecular formula is C16H17BrN2O2. The van der Waals surface area contributed by atoms with Gasteiger partial charge in [-0.1, -0.05) is 6.92 Å². The van der Waals surface area contributed by atoms with Gasteiger partial charge in [0.05, 0.1) is 18.9 Å². The minimum atomic E-state index is 0.686. The molecule has 110 valence electrons. The molecule has 1 aromatic carbocycles. The summed E-state index contributed by atoms with van der Waals surface area (Å²) in [6, 6.07) is 7.88. The second-order valence-electron chi connectivity index (χ2n) is 4.95. The van der Waals surface area contributed by atoms with Gasteiger partial charge in [-0.15, -0.1) is 0 Å². The van der Waals surface area contributed by atoms with Crippen molar-refractivity contribution in [1.82, 2.24) is 9.97 Å². The second kappa shape index (κ2) is 6.43. The topological polar surface area (TPSA) is 44.2 Å². The van der Waals surface area contributed by atoms with Crippen molar-refractivity contribution in [2.45, 2.75) is 26.2 Å². The van der Waals surface area contributed by atoms with E-state index in [2.05, 4.69) is 32.8 Å². The Bertz CT molecular complexity index is 646. The summed E-state index contributed by atoms with van der Waals surface area (Å²) < 4.78 is 12.2. The smallest absolute Gasteiger partial charge is 0.161 e. The van der Waals surface area contributed by atoms with Crippen molar-refractivity contribution in [2.24, 2.45) is 0 Å². The average Bonchev–Trinajstić information content (AvgIpc) is 2.71. The summed E-state index contributed by atoms with van der Waals surface area (Å²) in [5.41, 5.74) is 1.91. The summed E-state index contributed by atoms with van der Waals surface area (Å²) in [5.74, 6) is 2.45. The zero-order chi connectivity index (χ0) is 14.7. The third-order valence-corrected chi connectivity index (χ3v) is 3.66. The van der Waals surface area contributed by atoms with Crippen LogP contribution < -0.4 is 9.47 Å². The number of hydrogen-bond donors (Lipinski definition) is 0. The summed E-state index contributed by atoms with van der Waals surface area (Å²) in [7, 11) is 0. The molecule has 1 aromatic heterocycles. The van der Waals surface area contributed by atoms with E-state index in [9.17, 15) is 0 Å². The number of aromatic nitrogens is 2. The number of hydrogen-bond acceptors (Lipinski definition) is 4. The lowest BCUT2D eigenvalue weighted by molar-refractivity contribution is 0.297. The molecule has 0 fully saturated rings. The highest BCUT2D eigenvalue weighted by molar-refractivity contribution is 9.10. The Labute approximate surface area is 132 Å². The third-order valence-electron chi connectivity index (χ3n) is 3.26. The van der Waals surface area contributed by atoms with Crippen LogP contribution in [0.25, 0.3) is 11.3 Å². The molecule has 0 N–H and O–H groups in total. The fraction of sp³-hybridized carbons (Fsp3) is 0.375. The van der Waals surface area contributed by atoms with Crippen molar-refractivity contribution >= 4 is 15.9 Å². The van der Waals surface area contributed by atoms with Crippen LogP contribution >= 0.6 is 15.9 Å². The summed E-state index contributed by atoms with van der Waals surface area (Å²) in [6.45, 7) is 3.51. The van der Waals surface area contributed by atoms with Gasteiger partial charge in [-0.3, -0.25) is 0 Å². The molecule has 5 heteroatoms. The molecule has 1 aliphatic heterocycles. The Balaban J connectivity index is 1.98. The van der Waals surface area contributed by atoms with E-state index in [0.29, 0.717) is 13.2 Å². The SMILES string of the molecule is CCCc1nc(Br)cc(-c2ccc3c(c2)OCCCO3)n1. The molecule has 0 bridgehead atoms. The maximum absolute atomic E-state index is 5.74. The maximum atomic E-state index is 5.74. The van der Waals surface area contributed by atoms with E-state index in [1.54, 1.807) is 0 Å². The molecule has 4 nitrogen and oxygen atoms in total. The first-order valence-corrected chi connectivity index (χ1v) is 7.99. The molecule has 3 rings (SSSR count). The van der Waals surface area contributed by atoms with Crippen LogP contribution in [-0.4, -0.2) is 23.2 Å². The Kier molecular flexibility index (Phi) is 4.39. The van der Waals surface area contributed by atoms with Crippen molar-refractivity contribution in [3.63, 3.8) is 0 Å². The van der Waals surface area contributed by atoms with E-state index in [0.717, 1.165) is 52.4 Å². The Hall–Kier alpha value is -1.62. The maximum Gasteiger partial charge on any atom is 0.161 e. The van der Waals surface area contributed by atoms with Crippen LogP contribution in [0, 0.1) is 0 Å². The molecule has 0 amide bonds. The number of aryl methyl sites for hydroxylation is 1. The lowest BCUT2D eigenvalue weighted by Crippen LogP contribution is -1.98. The monoisotopic (exact) mass is 348 g/mol. The molecule has 2 aromatic rings. The van der Waals surface area contributed by atoms with Crippen molar-refractivity contribution < 1.29 is 9.47 Å². The zero-order valence-electron chi connectivity index (χ0n) is 11.9. The van der Waals surface area contributed by atoms with E-state index in [1.165, 1.54) is 0 Å². The standard InChI is InChI=1S/C16H17BrN2O2/c1-2-4-16-18-12(10-15(17)19-16)11-5-6-13-14(9-11)21-8-3-7-20-13/h5-6,9-10H,2-4,7-8H2,1H3. The van der Waals surface area contributed by atoms with Gasteiger partial charge in [0, 0.05) is 18.4 Å². The number of fused-ring (bicyclic) bond motifs is 1. The van der Waals surface area contributed by atoms with Crippen LogP contribution in [0.1, 0.15) is 25.6 Å². The molecule has 0 radical (unpaired) electrons. The fourth-order valence-corrected chi connectivity index (χ4v) is 2.69. The molecule has 2 heterocycles. The highest BCUT2D eigenvalue weighted by Gasteiger charge is 2.13. The summed E-state index contributed by atoms with van der Waals surface area (Å²) in [6.07, 6.45) is 2.80. The van der Waals surface area contributed by atoms with Crippen LogP contribution in [0.3, 0.4) is 0 Å². The van der Waals surface area contributed by atoms with E-state index in [1.807, 2.05) is 24.3 Å². The molecule has 0 atom stereocenters. The Morgan fingerprint density at radius 3 is 2.71 bits per heavy atom. The minimum absolute atomic E-state index is 0.686. The summed E-state index contributed by atoms with van der Waals surface area (Å²) in [4.78, 5) is 9.03. The normalized spacial score (nSPS) is 13.8. The minimum Gasteiger partial charge on any atom is -0.490 e. The average molecular weight is 349 g/mol. The van der Waals surface area contributed by atoms with Crippen molar-refractivity contribution in [1.29, 1.82) is 0 Å². The van der Waals surface area contributed by atoms with E-state index < -0.39 is 0 Å². The van der Waals surface area contributed by atoms with Gasteiger partial charge in [0.25, 0.3) is 0 Å². The molecule has 0 spiro atoms. The number of benzene rings is 1. The highest BCUT2D eigenvalue weighted by atomic mass is 79.9. The fourth-order valence-electron chi connectivity index (χ4n) is 2.27. The van der Waals surface area contributed by atoms with Crippen LogP contribution in [0.2, 0.25) is 0 Å². The predicted octanol–water partition coefficient (Wildman–Crippen LogP) is 4.02. The molecule has 0 saturated heterocycles. The number of ether oxygens (including phenoxy) is 2. The largest absolute Gasteiger partial charge is 0.490 e. The van der Waals surface area contributed by atoms with Gasteiger partial charge in [0.1, 0.15) is 10.4 Å². The second-order valence-corrected chi connectivity index (χ2v) is 5.77. The molecule has 21 heavy (non-hydrogen) atoms. The van der Waals surface area contributed by atoms with Gasteiger partial charge in [-0.05, 0) is 46.6 Å². The third kappa shape index (κ3) is 3.35. The zero-order valence-corrected chi connectivity index (χ0v) is 13.5. The number of rotatable bonds is 3. The molecular weight excluding hydrogens is 332 g/mol. The molecule has 1 aliphatic rings. The van der Waals surface area contributed by atoms with Gasteiger partial charge in [-0.2, -0.15) is 0 Å². The van der Waals surface area contributed by atoms with Crippen LogP contribution in [0.4, 0.5) is 0 Å². The first-order chi connectivity index (χ1) is 10.3. The highest BCUT2D eigenvalue weighted by Crippen LogP contribution is 2.34. The van der Waals surface area contributed by atoms with Crippen molar-refractivity contribution in [2.75, 3.05) is 13.2 Å². The molecule has 0 saturated carbocycles. The van der Waals surface area contributed by atoms with Gasteiger partial charge in [0.2, 0.25) is 0 Å². The van der Waals surface area contributed by atoms with E-state index in [-0.39, 0.29) is 0 Å². The number of halogens is 1. The van der Waals surface area contributed by atoms with Gasteiger partial charge >= 0.3 is 0 Å². The Morgan fingerprint density at radius 1 is 1.10 bits per heavy atom. The first kappa shape index (κ1) is 14.3. The number of nitrogens with zero attached hydrogens (tertiary/aromatic N) is 2. The van der Waals surface area contributed by atoms with Crippen molar-refractivity contribution in [3.05, 3.63) is 34.7 Å². The lowest BCUT2D eigenvalue weighted by atomic mass is 10.1. The molecule has 0 unspecified atom stereocenters. The van der Waals surface area contributed by atoms with Crippen LogP contribution in [0.15, 0.2) is 28.9 Å². The van der Waals surface area contributed by atoms with Gasteiger partial charge in [0.15, 0.2) is 11.5 Å². The lowest BCUT2D eigenvalue weighted by Gasteiger charge is -2.10. The van der Waals surface area contributed by atoms with E-state index in [4.69, 9.17) is 9.47 Å². The first-order valence-electron chi connectivity index (χ1n) is 7.20. The summed E-state index contributed by atoms with van der Waals surface area (Å²) in [5, 5.41) is 0. The van der Waals surface area contributed by atoms with Gasteiger partial charge in [-0.25, -0.2) is 9.97 Å². The quantitative estimate of drug-likeness (QED) is 0.785. The van der Waals surface area contributed by atoms with Crippen molar-refractivity contribution in [3.8, 4) is 22.8 Å².